The van der Waals surface area contributed by atoms with Crippen LogP contribution in [0.1, 0.15) is 25.7 Å². The molecule has 20 heteroatoms. The fraction of sp³-hybridized carbons (Fsp3) is 0.371. The normalized spacial score (nSPS) is 22.0. The Morgan fingerprint density at radius 2 is 1.27 bits per heavy atom. The summed E-state index contributed by atoms with van der Waals surface area (Å²) in [6.45, 7) is 19.7. The SMILES string of the molecule is [C-]#[N+]CC1(n2cc(-c3ncnc4[nH]ccc34)cn2)CCN(S(=O)(=O)C2CC2)C1.[C-]#[N+]CC1(n2cc(-c3ncnc4[nH]ccc34)cn2)CCN(S(=O)(=O)C=C)C1. The van der Waals surface area contributed by atoms with E-state index in [-0.39, 0.29) is 24.9 Å². The molecule has 0 bridgehead atoms. The van der Waals surface area contributed by atoms with Crippen LogP contribution >= 0.6 is 0 Å². The molecule has 1 saturated carbocycles. The van der Waals surface area contributed by atoms with Crippen molar-refractivity contribution < 1.29 is 16.8 Å². The van der Waals surface area contributed by atoms with Gasteiger partial charge in [0.15, 0.2) is 0 Å². The van der Waals surface area contributed by atoms with Gasteiger partial charge >= 0.3 is 0 Å². The van der Waals surface area contributed by atoms with Gasteiger partial charge < -0.3 is 19.7 Å². The van der Waals surface area contributed by atoms with Crippen molar-refractivity contribution in [3.8, 4) is 22.5 Å². The molecule has 0 amide bonds. The van der Waals surface area contributed by atoms with Gasteiger partial charge in [0.05, 0.1) is 29.0 Å². The van der Waals surface area contributed by atoms with Crippen molar-refractivity contribution in [3.63, 3.8) is 0 Å². The molecule has 9 rings (SSSR count). The van der Waals surface area contributed by atoms with Gasteiger partial charge in [-0.25, -0.2) is 49.9 Å². The second-order valence-corrected chi connectivity index (χ2v) is 18.1. The zero-order valence-electron chi connectivity index (χ0n) is 29.5. The smallest absolute Gasteiger partial charge is 0.240 e. The zero-order valence-corrected chi connectivity index (χ0v) is 31.2. The van der Waals surface area contributed by atoms with Crippen LogP contribution in [0, 0.1) is 13.1 Å². The first-order chi connectivity index (χ1) is 26.5. The lowest BCUT2D eigenvalue weighted by atomic mass is 9.99. The van der Waals surface area contributed by atoms with Crippen molar-refractivity contribution in [1.29, 1.82) is 0 Å². The summed E-state index contributed by atoms with van der Waals surface area (Å²) < 4.78 is 56.0. The predicted octanol–water partition coefficient (Wildman–Crippen LogP) is 3.25. The Bertz CT molecular complexity index is 2720. The summed E-state index contributed by atoms with van der Waals surface area (Å²) in [5, 5.41) is 11.4. The number of nitrogens with one attached hydrogen (secondary N) is 2. The average molecular weight is 781 g/mol. The van der Waals surface area contributed by atoms with Crippen LogP contribution < -0.4 is 0 Å². The standard InChI is InChI=1S/C18H19N7O2S.C17H17N7O2S/c1-19-10-18(5-7-24(11-18)28(26,27)14-2-3-14)25-9-13(8-23-25)16-15-4-6-20-17(15)22-12-21-16;1-3-27(25,26)23-7-5-17(11-23,10-18-2)24-9-13(8-22-24)15-14-4-6-19-16(14)21-12-20-15/h4,6,8-9,12,14H,2-3,5,7,10-11H2,(H,20,21,22);3-4,6,8-9,12H,1,5,7,10-11H2,(H,19,20,21). The number of aromatic amines is 2. The molecule has 0 spiro atoms. The van der Waals surface area contributed by atoms with Gasteiger partial charge in [-0.1, -0.05) is 6.58 Å². The molecule has 2 N–H and O–H groups in total. The summed E-state index contributed by atoms with van der Waals surface area (Å²) in [5.41, 5.74) is 3.22. The minimum Gasteiger partial charge on any atom is -0.346 e. The summed E-state index contributed by atoms with van der Waals surface area (Å²) in [5.74, 6) is 0. The van der Waals surface area contributed by atoms with Crippen molar-refractivity contribution >= 4 is 42.1 Å². The first-order valence-corrected chi connectivity index (χ1v) is 20.5. The predicted molar refractivity (Wildman–Crippen MR) is 203 cm³/mol. The van der Waals surface area contributed by atoms with E-state index in [1.54, 1.807) is 32.3 Å². The minimum absolute atomic E-state index is 0.140. The highest BCUT2D eigenvalue weighted by Gasteiger charge is 2.51. The van der Waals surface area contributed by atoms with E-state index >= 15 is 0 Å². The second kappa shape index (κ2) is 13.8. The van der Waals surface area contributed by atoms with Crippen molar-refractivity contribution in [2.45, 2.75) is 42.0 Å². The molecule has 3 aliphatic rings. The number of aromatic nitrogens is 10. The molecule has 55 heavy (non-hydrogen) atoms. The molecule has 0 radical (unpaired) electrons. The van der Waals surface area contributed by atoms with Crippen LogP contribution in [0.25, 0.3) is 54.3 Å². The molecule has 2 atom stereocenters. The van der Waals surface area contributed by atoms with E-state index in [0.29, 0.717) is 32.5 Å². The lowest BCUT2D eigenvalue weighted by Crippen LogP contribution is -2.42. The molecule has 3 fully saturated rings. The van der Waals surface area contributed by atoms with Gasteiger partial charge in [0.2, 0.25) is 33.1 Å². The molecule has 282 valence electrons. The maximum Gasteiger partial charge on any atom is 0.240 e. The number of fused-ring (bicyclic) bond motifs is 2. The molecule has 18 nitrogen and oxygen atoms in total. The van der Waals surface area contributed by atoms with E-state index < -0.39 is 31.1 Å². The van der Waals surface area contributed by atoms with Crippen molar-refractivity contribution in [2.75, 3.05) is 39.3 Å². The lowest BCUT2D eigenvalue weighted by Gasteiger charge is -2.24. The van der Waals surface area contributed by atoms with Gasteiger partial charge in [-0.05, 0) is 37.8 Å². The Morgan fingerprint density at radius 3 is 1.75 bits per heavy atom. The topological polar surface area (TPSA) is 202 Å². The van der Waals surface area contributed by atoms with Crippen LogP contribution in [-0.4, -0.2) is 119 Å². The fourth-order valence-electron chi connectivity index (χ4n) is 7.44. The molecule has 2 unspecified atom stereocenters. The monoisotopic (exact) mass is 780 g/mol. The van der Waals surface area contributed by atoms with Gasteiger partial charge in [-0.2, -0.15) is 18.8 Å². The van der Waals surface area contributed by atoms with Crippen LogP contribution in [0.2, 0.25) is 0 Å². The Hall–Kier alpha value is -5.80. The van der Waals surface area contributed by atoms with E-state index in [1.165, 1.54) is 17.0 Å². The van der Waals surface area contributed by atoms with Crippen LogP contribution in [0.15, 0.2) is 74.0 Å². The highest BCUT2D eigenvalue weighted by atomic mass is 32.2. The van der Waals surface area contributed by atoms with Crippen LogP contribution in [-0.2, 0) is 31.1 Å². The van der Waals surface area contributed by atoms with E-state index in [2.05, 4.69) is 56.4 Å². The molecule has 1 aliphatic carbocycles. The molecular weight excluding hydrogens is 745 g/mol. The lowest BCUT2D eigenvalue weighted by molar-refractivity contribution is 0.294. The van der Waals surface area contributed by atoms with Crippen LogP contribution in [0.3, 0.4) is 0 Å². The first kappa shape index (κ1) is 36.2. The summed E-state index contributed by atoms with van der Waals surface area (Å²) in [6, 6.07) is 3.81. The molecule has 6 aromatic rings. The Morgan fingerprint density at radius 1 is 0.782 bits per heavy atom. The van der Waals surface area contributed by atoms with Gasteiger partial charge in [-0.15, -0.1) is 0 Å². The Balaban J connectivity index is 0.000000155. The van der Waals surface area contributed by atoms with E-state index in [1.807, 2.05) is 30.7 Å². The minimum atomic E-state index is -3.53. The summed E-state index contributed by atoms with van der Waals surface area (Å²) in [7, 11) is -6.80. The zero-order chi connectivity index (χ0) is 38.4. The number of rotatable bonds is 10. The van der Waals surface area contributed by atoms with E-state index in [4.69, 9.17) is 13.1 Å². The number of hydrogen-bond donors (Lipinski definition) is 2. The van der Waals surface area contributed by atoms with Gasteiger partial charge in [0.25, 0.3) is 0 Å². The summed E-state index contributed by atoms with van der Waals surface area (Å²) >= 11 is 0. The first-order valence-electron chi connectivity index (χ1n) is 17.5. The van der Waals surface area contributed by atoms with Gasteiger partial charge in [-0.3, -0.25) is 9.36 Å². The van der Waals surface area contributed by atoms with Gasteiger partial charge in [0.1, 0.15) is 35.0 Å². The van der Waals surface area contributed by atoms with Crippen LogP contribution in [0.4, 0.5) is 0 Å². The Kier molecular flexibility index (Phi) is 9.08. The third kappa shape index (κ3) is 6.46. The quantitative estimate of drug-likeness (QED) is 0.194. The summed E-state index contributed by atoms with van der Waals surface area (Å²) in [4.78, 5) is 30.4. The molecule has 2 saturated heterocycles. The van der Waals surface area contributed by atoms with Crippen molar-refractivity contribution in [1.82, 2.24) is 58.1 Å². The molecule has 8 heterocycles. The number of sulfonamides is 2. The number of nitrogens with zero attached hydrogens (tertiary/aromatic N) is 12. The Labute approximate surface area is 316 Å². The summed E-state index contributed by atoms with van der Waals surface area (Å²) in [6.07, 6.45) is 16.2. The maximum atomic E-state index is 12.7. The van der Waals surface area contributed by atoms with E-state index in [9.17, 15) is 16.8 Å². The fourth-order valence-corrected chi connectivity index (χ4v) is 10.3. The van der Waals surface area contributed by atoms with Crippen LogP contribution in [0.5, 0.6) is 0 Å². The number of hydrogen-bond acceptors (Lipinski definition) is 10. The molecule has 2 aliphatic heterocycles. The third-order valence-corrected chi connectivity index (χ3v) is 14.4. The molecule has 0 aromatic carbocycles. The van der Waals surface area contributed by atoms with Crippen molar-refractivity contribution in [3.05, 3.63) is 96.8 Å². The maximum absolute atomic E-state index is 12.7. The highest BCUT2D eigenvalue weighted by Crippen LogP contribution is 2.39. The highest BCUT2D eigenvalue weighted by molar-refractivity contribution is 7.92. The van der Waals surface area contributed by atoms with Crippen molar-refractivity contribution in [2.24, 2.45) is 0 Å². The third-order valence-electron chi connectivity index (χ3n) is 10.6. The number of H-pyrrole nitrogens is 2. The van der Waals surface area contributed by atoms with Gasteiger partial charge in [0, 0.05) is 78.3 Å². The molecule has 6 aromatic heterocycles. The second-order valence-electron chi connectivity index (χ2n) is 14.0. The largest absolute Gasteiger partial charge is 0.346 e. The average Bonchev–Trinajstić information content (AvgIpc) is 3.88. The van der Waals surface area contributed by atoms with E-state index in [0.717, 1.165) is 62.8 Å². The molecular formula is C35H36N14O4S2.